The van der Waals surface area contributed by atoms with Crippen molar-refractivity contribution in [3.05, 3.63) is 65.5 Å². The first-order valence-corrected chi connectivity index (χ1v) is 10.8. The predicted octanol–water partition coefficient (Wildman–Crippen LogP) is 4.23. The molecule has 2 aromatic carbocycles. The van der Waals surface area contributed by atoms with Crippen molar-refractivity contribution in [2.75, 3.05) is 17.6 Å². The number of primary amides is 1. The number of carbonyl (C=O) groups excluding carboxylic acids is 2. The van der Waals surface area contributed by atoms with E-state index in [1.165, 1.54) is 11.3 Å². The first-order chi connectivity index (χ1) is 14.6. The molecule has 31 heavy (non-hydrogen) atoms. The molecule has 1 unspecified atom stereocenters. The number of anilines is 2. The highest BCUT2D eigenvalue weighted by molar-refractivity contribution is 7.13. The Bertz CT molecular complexity index is 1060. The van der Waals surface area contributed by atoms with E-state index in [-0.39, 0.29) is 16.9 Å². The van der Waals surface area contributed by atoms with Crippen LogP contribution in [0.5, 0.6) is 0 Å². The molecule has 0 fully saturated rings. The quantitative estimate of drug-likeness (QED) is 0.500. The molecule has 3 amide bonds. The molecule has 1 aromatic heterocycles. The van der Waals surface area contributed by atoms with Crippen LogP contribution < -0.4 is 16.8 Å². The van der Waals surface area contributed by atoms with Gasteiger partial charge in [0.05, 0.1) is 11.2 Å². The number of nitrogen functional groups attached to an aromatic ring is 1. The maximum absolute atomic E-state index is 13.0. The van der Waals surface area contributed by atoms with Crippen molar-refractivity contribution < 1.29 is 14.1 Å². The average Bonchev–Trinajstić information content (AvgIpc) is 3.14. The molecule has 0 aliphatic rings. The SMILES string of the molecule is CC(C)(C)[N+](CC(=O)Nc1ccc(-c2csc(N)n2)cc1)(Cc1ccccc1)C(N)=O. The summed E-state index contributed by atoms with van der Waals surface area (Å²) in [5.74, 6) is -0.282. The van der Waals surface area contributed by atoms with Gasteiger partial charge in [-0.15, -0.1) is 11.3 Å². The third kappa shape index (κ3) is 5.10. The number of hydrogen-bond donors (Lipinski definition) is 3. The number of amides is 3. The van der Waals surface area contributed by atoms with Crippen LogP contribution in [-0.4, -0.2) is 33.5 Å². The van der Waals surface area contributed by atoms with E-state index in [4.69, 9.17) is 11.5 Å². The second-order valence-corrected chi connectivity index (χ2v) is 9.36. The molecule has 8 heteroatoms. The molecule has 3 rings (SSSR count). The van der Waals surface area contributed by atoms with Gasteiger partial charge in [0.2, 0.25) is 0 Å². The van der Waals surface area contributed by atoms with Crippen LogP contribution in [0.25, 0.3) is 11.3 Å². The number of quaternary nitrogens is 1. The summed E-state index contributed by atoms with van der Waals surface area (Å²) >= 11 is 1.38. The molecule has 0 spiro atoms. The lowest BCUT2D eigenvalue weighted by atomic mass is 9.99. The third-order valence-corrected chi connectivity index (χ3v) is 6.08. The van der Waals surface area contributed by atoms with Crippen molar-refractivity contribution in [2.24, 2.45) is 5.73 Å². The lowest BCUT2D eigenvalue weighted by Crippen LogP contribution is -2.67. The Balaban J connectivity index is 1.79. The fourth-order valence-corrected chi connectivity index (χ4v) is 4.07. The summed E-state index contributed by atoms with van der Waals surface area (Å²) in [5, 5.41) is 5.28. The van der Waals surface area contributed by atoms with Gasteiger partial charge in [-0.1, -0.05) is 42.5 Å². The minimum atomic E-state index is -0.576. The zero-order valence-corrected chi connectivity index (χ0v) is 18.8. The molecular formula is C23H28N5O2S+. The highest BCUT2D eigenvalue weighted by Crippen LogP contribution is 2.29. The largest absolute Gasteiger partial charge is 0.415 e. The molecule has 0 radical (unpaired) electrons. The van der Waals surface area contributed by atoms with Crippen molar-refractivity contribution in [3.63, 3.8) is 0 Å². The number of nitrogens with zero attached hydrogens (tertiary/aromatic N) is 2. The van der Waals surface area contributed by atoms with E-state index in [0.717, 1.165) is 16.8 Å². The highest BCUT2D eigenvalue weighted by Gasteiger charge is 2.47. The van der Waals surface area contributed by atoms with Gasteiger partial charge in [0, 0.05) is 22.2 Å². The van der Waals surface area contributed by atoms with Crippen molar-refractivity contribution in [1.29, 1.82) is 0 Å². The van der Waals surface area contributed by atoms with Gasteiger partial charge in [-0.2, -0.15) is 0 Å². The van der Waals surface area contributed by atoms with E-state index in [1.807, 2.05) is 68.6 Å². The Morgan fingerprint density at radius 3 is 2.23 bits per heavy atom. The molecule has 0 saturated carbocycles. The van der Waals surface area contributed by atoms with Crippen LogP contribution in [0.15, 0.2) is 60.0 Å². The van der Waals surface area contributed by atoms with Crippen molar-refractivity contribution >= 4 is 34.1 Å². The zero-order valence-electron chi connectivity index (χ0n) is 18.0. The van der Waals surface area contributed by atoms with E-state index in [1.54, 1.807) is 12.1 Å². The number of hydrogen-bond acceptors (Lipinski definition) is 5. The maximum Gasteiger partial charge on any atom is 0.415 e. The number of urea groups is 1. The average molecular weight is 439 g/mol. The molecule has 162 valence electrons. The van der Waals surface area contributed by atoms with E-state index >= 15 is 0 Å². The number of carbonyl (C=O) groups is 2. The third-order valence-electron chi connectivity index (χ3n) is 5.40. The Morgan fingerprint density at radius 2 is 1.71 bits per heavy atom. The normalized spacial score (nSPS) is 13.4. The standard InChI is InChI=1S/C23H27N5O2S/c1-23(2,3)28(22(25)30,13-16-7-5-4-6-8-16)14-20(29)26-18-11-9-17(10-12-18)19-15-31-21(24)27-19/h4-12,15H,13-14H2,1-3H3,(H4-,24,25,26,27,29,30)/p+1. The van der Waals surface area contributed by atoms with Crippen LogP contribution in [0.1, 0.15) is 26.3 Å². The summed E-state index contributed by atoms with van der Waals surface area (Å²) in [5.41, 5.74) is 14.3. The molecule has 0 bridgehead atoms. The predicted molar refractivity (Wildman–Crippen MR) is 125 cm³/mol. The van der Waals surface area contributed by atoms with Crippen LogP contribution in [-0.2, 0) is 11.3 Å². The number of nitrogens with two attached hydrogens (primary N) is 2. The van der Waals surface area contributed by atoms with Crippen LogP contribution in [0, 0.1) is 0 Å². The molecule has 7 nitrogen and oxygen atoms in total. The van der Waals surface area contributed by atoms with Gasteiger partial charge in [-0.25, -0.2) is 14.3 Å². The minimum Gasteiger partial charge on any atom is -0.375 e. The van der Waals surface area contributed by atoms with Gasteiger partial charge in [0.1, 0.15) is 6.54 Å². The lowest BCUT2D eigenvalue weighted by molar-refractivity contribution is -0.901. The van der Waals surface area contributed by atoms with Gasteiger partial charge >= 0.3 is 6.03 Å². The van der Waals surface area contributed by atoms with Crippen molar-refractivity contribution in [3.8, 4) is 11.3 Å². The minimum absolute atomic E-state index is 0.0713. The Morgan fingerprint density at radius 1 is 1.06 bits per heavy atom. The zero-order chi connectivity index (χ0) is 22.6. The van der Waals surface area contributed by atoms with Gasteiger partial charge < -0.3 is 16.8 Å². The number of aromatic nitrogens is 1. The molecule has 1 heterocycles. The number of thiazole rings is 1. The second kappa shape index (κ2) is 8.87. The topological polar surface area (TPSA) is 111 Å². The fraction of sp³-hybridized carbons (Fsp3) is 0.261. The van der Waals surface area contributed by atoms with E-state index < -0.39 is 11.6 Å². The van der Waals surface area contributed by atoms with Crippen LogP contribution in [0.3, 0.4) is 0 Å². The molecule has 3 aromatic rings. The first-order valence-electron chi connectivity index (χ1n) is 9.93. The number of nitrogens with one attached hydrogen (secondary N) is 1. The molecule has 1 atom stereocenters. The smallest absolute Gasteiger partial charge is 0.375 e. The second-order valence-electron chi connectivity index (χ2n) is 8.48. The Hall–Kier alpha value is -3.23. The summed E-state index contributed by atoms with van der Waals surface area (Å²) in [6.45, 7) is 6.02. The van der Waals surface area contributed by atoms with Crippen LogP contribution in [0.2, 0.25) is 0 Å². The van der Waals surface area contributed by atoms with Crippen molar-refractivity contribution in [2.45, 2.75) is 32.9 Å². The van der Waals surface area contributed by atoms with E-state index in [2.05, 4.69) is 10.3 Å². The maximum atomic E-state index is 13.0. The summed E-state index contributed by atoms with van der Waals surface area (Å²) in [6, 6.07) is 16.4. The van der Waals surface area contributed by atoms with Gasteiger partial charge in [0.15, 0.2) is 11.7 Å². The van der Waals surface area contributed by atoms with Gasteiger partial charge in [0.25, 0.3) is 5.91 Å². The van der Waals surface area contributed by atoms with Crippen LogP contribution in [0.4, 0.5) is 15.6 Å². The molecule has 0 saturated heterocycles. The highest BCUT2D eigenvalue weighted by atomic mass is 32.1. The number of rotatable bonds is 6. The molecule has 5 N–H and O–H groups in total. The molecular weight excluding hydrogens is 410 g/mol. The van der Waals surface area contributed by atoms with Crippen LogP contribution >= 0.6 is 11.3 Å². The molecule has 0 aliphatic carbocycles. The first kappa shape index (κ1) is 22.5. The number of benzene rings is 2. The monoisotopic (exact) mass is 438 g/mol. The van der Waals surface area contributed by atoms with Gasteiger partial charge in [-0.3, -0.25) is 4.79 Å². The summed E-state index contributed by atoms with van der Waals surface area (Å²) in [6.07, 6.45) is 0. The Labute approximate surface area is 186 Å². The van der Waals surface area contributed by atoms with Crippen molar-refractivity contribution in [1.82, 2.24) is 4.98 Å². The van der Waals surface area contributed by atoms with E-state index in [9.17, 15) is 9.59 Å². The fourth-order valence-electron chi connectivity index (χ4n) is 3.50. The summed E-state index contributed by atoms with van der Waals surface area (Å²) in [4.78, 5) is 29.9. The molecule has 0 aliphatic heterocycles. The van der Waals surface area contributed by atoms with E-state index in [0.29, 0.717) is 17.4 Å². The Kier molecular flexibility index (Phi) is 6.42. The summed E-state index contributed by atoms with van der Waals surface area (Å²) < 4.78 is -0.195. The van der Waals surface area contributed by atoms with Gasteiger partial charge in [-0.05, 0) is 32.9 Å². The lowest BCUT2D eigenvalue weighted by Gasteiger charge is -2.44. The summed E-state index contributed by atoms with van der Waals surface area (Å²) in [7, 11) is 0.